The van der Waals surface area contributed by atoms with Crippen molar-refractivity contribution >= 4 is 0 Å². The summed E-state index contributed by atoms with van der Waals surface area (Å²) in [6.45, 7) is 5.25. The molecule has 0 N–H and O–H groups in total. The van der Waals surface area contributed by atoms with Crippen molar-refractivity contribution in [3.63, 3.8) is 0 Å². The minimum atomic E-state index is -0.118. The van der Waals surface area contributed by atoms with Crippen LogP contribution in [0.15, 0.2) is 0 Å². The van der Waals surface area contributed by atoms with Gasteiger partial charge in [0.2, 0.25) is 0 Å². The Balaban J connectivity index is 3.34. The van der Waals surface area contributed by atoms with Crippen molar-refractivity contribution < 1.29 is 9.47 Å². The van der Waals surface area contributed by atoms with Gasteiger partial charge in [-0.2, -0.15) is 0 Å². The first-order valence-electron chi connectivity index (χ1n) is 4.51. The van der Waals surface area contributed by atoms with Crippen LogP contribution in [0, 0.1) is 12.3 Å². The molecule has 0 rings (SSSR count). The second-order valence-corrected chi connectivity index (χ2v) is 2.58. The third-order valence-corrected chi connectivity index (χ3v) is 1.49. The molecule has 0 fully saturated rings. The van der Waals surface area contributed by atoms with Crippen LogP contribution in [0.1, 0.15) is 33.1 Å². The Morgan fingerprint density at radius 2 is 2.08 bits per heavy atom. The number of terminal acetylenes is 1. The normalized spacial score (nSPS) is 12.4. The van der Waals surface area contributed by atoms with Crippen molar-refractivity contribution in [3.8, 4) is 12.3 Å². The second-order valence-electron chi connectivity index (χ2n) is 2.58. The minimum Gasteiger partial charge on any atom is -0.353 e. The molecule has 1 unspecified atom stereocenters. The summed E-state index contributed by atoms with van der Waals surface area (Å²) in [5, 5.41) is 0. The topological polar surface area (TPSA) is 18.5 Å². The molecule has 0 amide bonds. The number of ether oxygens (including phenoxy) is 2. The SMILES string of the molecule is C#CCOC(CC)OCCCC. The third-order valence-electron chi connectivity index (χ3n) is 1.49. The van der Waals surface area contributed by atoms with Gasteiger partial charge in [0.1, 0.15) is 6.61 Å². The van der Waals surface area contributed by atoms with E-state index >= 15 is 0 Å². The number of unbranched alkanes of at least 4 members (excludes halogenated alkanes) is 1. The van der Waals surface area contributed by atoms with E-state index < -0.39 is 0 Å². The number of rotatable bonds is 7. The molecule has 0 aromatic heterocycles. The lowest BCUT2D eigenvalue weighted by Gasteiger charge is -2.14. The number of hydrogen-bond acceptors (Lipinski definition) is 2. The molecule has 0 saturated heterocycles. The van der Waals surface area contributed by atoms with Crippen LogP contribution in [0.25, 0.3) is 0 Å². The molecule has 0 aliphatic carbocycles. The van der Waals surface area contributed by atoms with Gasteiger partial charge in [-0.3, -0.25) is 0 Å². The van der Waals surface area contributed by atoms with E-state index in [4.69, 9.17) is 15.9 Å². The third kappa shape index (κ3) is 6.21. The first-order valence-corrected chi connectivity index (χ1v) is 4.51. The van der Waals surface area contributed by atoms with Crippen LogP contribution >= 0.6 is 0 Å². The van der Waals surface area contributed by atoms with Gasteiger partial charge in [-0.15, -0.1) is 6.42 Å². The summed E-state index contributed by atoms with van der Waals surface area (Å²) >= 11 is 0. The summed E-state index contributed by atoms with van der Waals surface area (Å²) in [6, 6.07) is 0. The van der Waals surface area contributed by atoms with Gasteiger partial charge in [0, 0.05) is 6.61 Å². The predicted molar refractivity (Wildman–Crippen MR) is 49.7 cm³/mol. The Bertz CT molecular complexity index is 126. The molecule has 0 aliphatic heterocycles. The van der Waals surface area contributed by atoms with E-state index in [1.54, 1.807) is 0 Å². The van der Waals surface area contributed by atoms with Crippen LogP contribution in [0.5, 0.6) is 0 Å². The predicted octanol–water partition coefficient (Wildman–Crippen LogP) is 2.19. The van der Waals surface area contributed by atoms with Crippen LogP contribution < -0.4 is 0 Å². The molecular formula is C10H18O2. The number of hydrogen-bond donors (Lipinski definition) is 0. The molecule has 0 aromatic rings. The summed E-state index contributed by atoms with van der Waals surface area (Å²) in [4.78, 5) is 0. The van der Waals surface area contributed by atoms with Gasteiger partial charge < -0.3 is 9.47 Å². The zero-order valence-corrected chi connectivity index (χ0v) is 8.01. The Morgan fingerprint density at radius 3 is 2.58 bits per heavy atom. The van der Waals surface area contributed by atoms with Gasteiger partial charge in [0.25, 0.3) is 0 Å². The molecule has 70 valence electrons. The molecule has 0 spiro atoms. The van der Waals surface area contributed by atoms with Crippen LogP contribution in [-0.2, 0) is 9.47 Å². The highest BCUT2D eigenvalue weighted by atomic mass is 16.7. The fraction of sp³-hybridized carbons (Fsp3) is 0.800. The van der Waals surface area contributed by atoms with Crippen LogP contribution in [-0.4, -0.2) is 19.5 Å². The fourth-order valence-electron chi connectivity index (χ4n) is 0.784. The average molecular weight is 170 g/mol. The van der Waals surface area contributed by atoms with Crippen LogP contribution in [0.3, 0.4) is 0 Å². The molecule has 0 radical (unpaired) electrons. The highest BCUT2D eigenvalue weighted by Crippen LogP contribution is 2.01. The van der Waals surface area contributed by atoms with Gasteiger partial charge in [0.15, 0.2) is 6.29 Å². The Labute approximate surface area is 75.3 Å². The molecule has 0 saturated carbocycles. The highest BCUT2D eigenvalue weighted by molar-refractivity contribution is 4.82. The zero-order valence-electron chi connectivity index (χ0n) is 8.01. The van der Waals surface area contributed by atoms with E-state index in [1.165, 1.54) is 0 Å². The second kappa shape index (κ2) is 8.58. The van der Waals surface area contributed by atoms with Crippen LogP contribution in [0.2, 0.25) is 0 Å². The van der Waals surface area contributed by atoms with Gasteiger partial charge in [0.05, 0.1) is 0 Å². The summed E-state index contributed by atoms with van der Waals surface area (Å²) < 4.78 is 10.6. The first kappa shape index (κ1) is 11.5. The molecule has 2 heteroatoms. The van der Waals surface area contributed by atoms with E-state index in [0.717, 1.165) is 25.9 Å². The summed E-state index contributed by atoms with van der Waals surface area (Å²) in [7, 11) is 0. The maximum absolute atomic E-state index is 5.42. The van der Waals surface area contributed by atoms with E-state index in [0.29, 0.717) is 6.61 Å². The lowest BCUT2D eigenvalue weighted by molar-refractivity contribution is -0.135. The molecule has 2 nitrogen and oxygen atoms in total. The quantitative estimate of drug-likeness (QED) is 0.331. The van der Waals surface area contributed by atoms with Crippen molar-refractivity contribution in [2.75, 3.05) is 13.2 Å². The molecule has 0 aromatic carbocycles. The summed E-state index contributed by atoms with van der Waals surface area (Å²) in [6.07, 6.45) is 8.01. The van der Waals surface area contributed by atoms with Gasteiger partial charge in [-0.1, -0.05) is 26.2 Å². The van der Waals surface area contributed by atoms with Crippen LogP contribution in [0.4, 0.5) is 0 Å². The largest absolute Gasteiger partial charge is 0.353 e. The molecule has 12 heavy (non-hydrogen) atoms. The Kier molecular flexibility index (Phi) is 8.20. The highest BCUT2D eigenvalue weighted by Gasteiger charge is 2.03. The van der Waals surface area contributed by atoms with Gasteiger partial charge in [-0.05, 0) is 12.8 Å². The molecule has 0 heterocycles. The summed E-state index contributed by atoms with van der Waals surface area (Å²) in [5.41, 5.74) is 0. The fourth-order valence-corrected chi connectivity index (χ4v) is 0.784. The monoisotopic (exact) mass is 170 g/mol. The van der Waals surface area contributed by atoms with E-state index in [-0.39, 0.29) is 6.29 Å². The smallest absolute Gasteiger partial charge is 0.158 e. The Morgan fingerprint density at radius 1 is 1.33 bits per heavy atom. The zero-order chi connectivity index (χ0) is 9.23. The molecule has 1 atom stereocenters. The van der Waals surface area contributed by atoms with Gasteiger partial charge >= 0.3 is 0 Å². The van der Waals surface area contributed by atoms with Crippen molar-refractivity contribution in [1.29, 1.82) is 0 Å². The lowest BCUT2D eigenvalue weighted by Crippen LogP contribution is -2.17. The van der Waals surface area contributed by atoms with Crippen molar-refractivity contribution in [2.24, 2.45) is 0 Å². The molecule has 0 bridgehead atoms. The maximum Gasteiger partial charge on any atom is 0.158 e. The van der Waals surface area contributed by atoms with Gasteiger partial charge in [-0.25, -0.2) is 0 Å². The lowest BCUT2D eigenvalue weighted by atomic mass is 10.3. The maximum atomic E-state index is 5.42. The molecule has 0 aliphatic rings. The molecular weight excluding hydrogens is 152 g/mol. The minimum absolute atomic E-state index is 0.118. The van der Waals surface area contributed by atoms with E-state index in [2.05, 4.69) is 12.8 Å². The standard InChI is InChI=1S/C10H18O2/c1-4-7-9-12-10(6-3)11-8-5-2/h2,10H,4,6-9H2,1,3H3. The van der Waals surface area contributed by atoms with Crippen molar-refractivity contribution in [1.82, 2.24) is 0 Å². The first-order chi connectivity index (χ1) is 5.85. The van der Waals surface area contributed by atoms with E-state index in [1.807, 2.05) is 6.92 Å². The summed E-state index contributed by atoms with van der Waals surface area (Å²) in [5.74, 6) is 2.42. The van der Waals surface area contributed by atoms with Crippen molar-refractivity contribution in [3.05, 3.63) is 0 Å². The average Bonchev–Trinajstić information content (AvgIpc) is 2.11. The van der Waals surface area contributed by atoms with E-state index in [9.17, 15) is 0 Å². The van der Waals surface area contributed by atoms with Crippen molar-refractivity contribution in [2.45, 2.75) is 39.4 Å². The Hall–Kier alpha value is -0.520.